The Kier molecular flexibility index (Phi) is 4.82. The summed E-state index contributed by atoms with van der Waals surface area (Å²) in [5, 5.41) is -0.367. The summed E-state index contributed by atoms with van der Waals surface area (Å²) in [6.07, 6.45) is 7.98. The van der Waals surface area contributed by atoms with E-state index in [-0.39, 0.29) is 5.24 Å². The Bertz CT molecular complexity index is 388. The second kappa shape index (κ2) is 6.38. The predicted octanol–water partition coefficient (Wildman–Crippen LogP) is 5.14. The molecular formula is C16H21ClO. The summed E-state index contributed by atoms with van der Waals surface area (Å²) in [5.41, 5.74) is 1.96. The van der Waals surface area contributed by atoms with Crippen molar-refractivity contribution < 1.29 is 4.79 Å². The molecule has 0 aliphatic heterocycles. The lowest BCUT2D eigenvalue weighted by molar-refractivity contribution is 0.108. The third-order valence-corrected chi connectivity index (χ3v) is 4.37. The van der Waals surface area contributed by atoms with Gasteiger partial charge in [0.25, 0.3) is 5.24 Å². The maximum atomic E-state index is 11.0. The van der Waals surface area contributed by atoms with Crippen molar-refractivity contribution in [2.75, 3.05) is 0 Å². The van der Waals surface area contributed by atoms with Crippen molar-refractivity contribution >= 4 is 16.8 Å². The summed E-state index contributed by atoms with van der Waals surface area (Å²) in [7, 11) is 0. The number of hydrogen-bond acceptors (Lipinski definition) is 1. The van der Waals surface area contributed by atoms with Crippen molar-refractivity contribution in [2.45, 2.75) is 51.4 Å². The molecule has 0 N–H and O–H groups in total. The van der Waals surface area contributed by atoms with Gasteiger partial charge in [-0.1, -0.05) is 31.9 Å². The van der Waals surface area contributed by atoms with Crippen LogP contribution in [0.2, 0.25) is 0 Å². The van der Waals surface area contributed by atoms with E-state index in [1.165, 1.54) is 44.1 Å². The van der Waals surface area contributed by atoms with Gasteiger partial charge in [0.1, 0.15) is 0 Å². The Labute approximate surface area is 115 Å². The van der Waals surface area contributed by atoms with Crippen LogP contribution in [0.5, 0.6) is 0 Å². The van der Waals surface area contributed by atoms with Crippen molar-refractivity contribution in [3.63, 3.8) is 0 Å². The molecule has 1 nitrogen and oxygen atoms in total. The van der Waals surface area contributed by atoms with Crippen LogP contribution in [0.1, 0.15) is 67.3 Å². The molecule has 1 fully saturated rings. The highest BCUT2D eigenvalue weighted by Crippen LogP contribution is 2.37. The summed E-state index contributed by atoms with van der Waals surface area (Å²) in [5.74, 6) is 1.62. The third-order valence-electron chi connectivity index (χ3n) is 4.15. The van der Waals surface area contributed by atoms with Gasteiger partial charge in [-0.15, -0.1) is 0 Å². The molecule has 98 valence electrons. The minimum Gasteiger partial charge on any atom is -0.276 e. The first-order chi connectivity index (χ1) is 8.70. The molecule has 0 radical (unpaired) electrons. The van der Waals surface area contributed by atoms with Gasteiger partial charge in [-0.2, -0.15) is 0 Å². The highest BCUT2D eigenvalue weighted by atomic mass is 35.5. The zero-order valence-corrected chi connectivity index (χ0v) is 11.7. The van der Waals surface area contributed by atoms with E-state index in [2.05, 4.69) is 19.1 Å². The fraction of sp³-hybridized carbons (Fsp3) is 0.562. The molecule has 0 aromatic heterocycles. The highest BCUT2D eigenvalue weighted by molar-refractivity contribution is 6.67. The Morgan fingerprint density at radius 2 is 1.78 bits per heavy atom. The molecule has 1 aromatic rings. The lowest BCUT2D eigenvalue weighted by Gasteiger charge is -2.28. The van der Waals surface area contributed by atoms with Crippen LogP contribution in [-0.4, -0.2) is 5.24 Å². The van der Waals surface area contributed by atoms with Gasteiger partial charge in [0.05, 0.1) is 0 Å². The summed E-state index contributed by atoms with van der Waals surface area (Å²) in [6, 6.07) is 7.84. The van der Waals surface area contributed by atoms with Gasteiger partial charge in [-0.3, -0.25) is 4.79 Å². The number of hydrogen-bond donors (Lipinski definition) is 0. The molecule has 1 aliphatic rings. The van der Waals surface area contributed by atoms with E-state index in [1.807, 2.05) is 12.1 Å². The second-order valence-electron chi connectivity index (χ2n) is 5.40. The molecule has 1 aromatic carbocycles. The number of carbonyl (C=O) groups is 1. The van der Waals surface area contributed by atoms with Crippen LogP contribution in [0.15, 0.2) is 24.3 Å². The summed E-state index contributed by atoms with van der Waals surface area (Å²) < 4.78 is 0. The second-order valence-corrected chi connectivity index (χ2v) is 5.75. The van der Waals surface area contributed by atoms with Gasteiger partial charge in [0.2, 0.25) is 0 Å². The zero-order chi connectivity index (χ0) is 13.0. The van der Waals surface area contributed by atoms with Gasteiger partial charge in [-0.25, -0.2) is 0 Å². The van der Waals surface area contributed by atoms with Gasteiger partial charge in [0, 0.05) is 5.56 Å². The lowest BCUT2D eigenvalue weighted by atomic mass is 9.77. The largest absolute Gasteiger partial charge is 0.276 e. The topological polar surface area (TPSA) is 17.1 Å². The zero-order valence-electron chi connectivity index (χ0n) is 11.0. The summed E-state index contributed by atoms with van der Waals surface area (Å²) in [4.78, 5) is 11.0. The average molecular weight is 265 g/mol. The van der Waals surface area contributed by atoms with Gasteiger partial charge < -0.3 is 0 Å². The normalized spacial score (nSPS) is 23.9. The smallest absolute Gasteiger partial charge is 0.252 e. The van der Waals surface area contributed by atoms with Crippen molar-refractivity contribution in [3.05, 3.63) is 35.4 Å². The Balaban J connectivity index is 1.95. The van der Waals surface area contributed by atoms with E-state index < -0.39 is 0 Å². The first-order valence-electron chi connectivity index (χ1n) is 7.00. The van der Waals surface area contributed by atoms with Crippen molar-refractivity contribution in [2.24, 2.45) is 5.92 Å². The minimum absolute atomic E-state index is 0.367. The van der Waals surface area contributed by atoms with Crippen LogP contribution in [0.25, 0.3) is 0 Å². The van der Waals surface area contributed by atoms with E-state index in [0.29, 0.717) is 11.5 Å². The van der Waals surface area contributed by atoms with Crippen LogP contribution >= 0.6 is 11.6 Å². The van der Waals surface area contributed by atoms with Gasteiger partial charge >= 0.3 is 0 Å². The number of benzene rings is 1. The average Bonchev–Trinajstić information content (AvgIpc) is 2.40. The molecule has 0 bridgehead atoms. The maximum Gasteiger partial charge on any atom is 0.252 e. The molecule has 0 heterocycles. The van der Waals surface area contributed by atoms with Crippen molar-refractivity contribution in [3.8, 4) is 0 Å². The standard InChI is InChI=1S/C16H21ClO/c1-2-3-12-4-6-13(7-5-12)14-8-10-15(11-9-14)16(17)18/h8-13H,2-7H2,1H3/t12-,13-. The predicted molar refractivity (Wildman–Crippen MR) is 76.2 cm³/mol. The lowest BCUT2D eigenvalue weighted by Crippen LogP contribution is -2.13. The van der Waals surface area contributed by atoms with E-state index >= 15 is 0 Å². The quantitative estimate of drug-likeness (QED) is 0.688. The van der Waals surface area contributed by atoms with E-state index in [0.717, 1.165) is 5.92 Å². The monoisotopic (exact) mass is 264 g/mol. The molecule has 0 spiro atoms. The van der Waals surface area contributed by atoms with Crippen LogP contribution in [0.3, 0.4) is 0 Å². The molecule has 2 heteroatoms. The molecule has 1 aliphatic carbocycles. The molecular weight excluding hydrogens is 244 g/mol. The number of halogens is 1. The molecule has 0 amide bonds. The number of rotatable bonds is 4. The fourth-order valence-corrected chi connectivity index (χ4v) is 3.21. The van der Waals surface area contributed by atoms with Crippen molar-refractivity contribution in [1.29, 1.82) is 0 Å². The van der Waals surface area contributed by atoms with Crippen LogP contribution in [0, 0.1) is 5.92 Å². The van der Waals surface area contributed by atoms with Crippen LogP contribution < -0.4 is 0 Å². The highest BCUT2D eigenvalue weighted by Gasteiger charge is 2.21. The van der Waals surface area contributed by atoms with E-state index in [1.54, 1.807) is 0 Å². The maximum absolute atomic E-state index is 11.0. The Morgan fingerprint density at radius 3 is 2.28 bits per heavy atom. The van der Waals surface area contributed by atoms with Gasteiger partial charge in [0.15, 0.2) is 0 Å². The first kappa shape index (κ1) is 13.6. The molecule has 0 unspecified atom stereocenters. The number of carbonyl (C=O) groups excluding carboxylic acids is 1. The van der Waals surface area contributed by atoms with Crippen molar-refractivity contribution in [1.82, 2.24) is 0 Å². The SMILES string of the molecule is CCC[C@H]1CC[C@H](c2ccc(C(=O)Cl)cc2)CC1. The minimum atomic E-state index is -0.367. The third kappa shape index (κ3) is 3.35. The van der Waals surface area contributed by atoms with E-state index in [9.17, 15) is 4.79 Å². The van der Waals surface area contributed by atoms with Crippen LogP contribution in [-0.2, 0) is 0 Å². The summed E-state index contributed by atoms with van der Waals surface area (Å²) >= 11 is 5.46. The molecule has 0 saturated heterocycles. The van der Waals surface area contributed by atoms with E-state index in [4.69, 9.17) is 11.6 Å². The van der Waals surface area contributed by atoms with Gasteiger partial charge in [-0.05, 0) is 66.8 Å². The Hall–Kier alpha value is -0.820. The van der Waals surface area contributed by atoms with Crippen LogP contribution in [0.4, 0.5) is 0 Å². The first-order valence-corrected chi connectivity index (χ1v) is 7.38. The summed E-state index contributed by atoms with van der Waals surface area (Å²) in [6.45, 7) is 2.27. The molecule has 2 rings (SSSR count). The molecule has 1 saturated carbocycles. The fourth-order valence-electron chi connectivity index (χ4n) is 3.08. The Morgan fingerprint density at radius 1 is 1.17 bits per heavy atom. The molecule has 18 heavy (non-hydrogen) atoms. The molecule has 0 atom stereocenters.